The first-order chi connectivity index (χ1) is 6.52. The van der Waals surface area contributed by atoms with Gasteiger partial charge in [0.2, 0.25) is 0 Å². The molecule has 0 rings (SSSR count). The van der Waals surface area contributed by atoms with Crippen molar-refractivity contribution in [3.05, 3.63) is 6.04 Å². The van der Waals surface area contributed by atoms with Crippen LogP contribution in [0.25, 0.3) is 0 Å². The summed E-state index contributed by atoms with van der Waals surface area (Å²) in [6, 6.07) is 1.39. The van der Waals surface area contributed by atoms with Gasteiger partial charge in [-0.25, -0.2) is 6.04 Å². The first kappa shape index (κ1) is 17.8. The number of thioether (sulfide) groups is 1. The van der Waals surface area contributed by atoms with Crippen molar-refractivity contribution in [2.24, 2.45) is 5.41 Å². The van der Waals surface area contributed by atoms with Crippen molar-refractivity contribution in [1.29, 1.82) is 0 Å². The van der Waals surface area contributed by atoms with Gasteiger partial charge in [-0.15, -0.1) is 17.2 Å². The van der Waals surface area contributed by atoms with Crippen LogP contribution in [0.15, 0.2) is 0 Å². The molecule has 0 aromatic carbocycles. The quantitative estimate of drug-likeness (QED) is 0.414. The van der Waals surface area contributed by atoms with Gasteiger partial charge in [0.15, 0.2) is 0 Å². The van der Waals surface area contributed by atoms with E-state index in [2.05, 4.69) is 53.6 Å². The SMILES string of the molecule is CC(=S)SC(C)(C)C(C)(C)[C-](C)N(C)C.[Rf]. The summed E-state index contributed by atoms with van der Waals surface area (Å²) >= 11 is 7.00. The van der Waals surface area contributed by atoms with Gasteiger partial charge in [0.25, 0.3) is 0 Å². The summed E-state index contributed by atoms with van der Waals surface area (Å²) in [5.74, 6) is 0. The van der Waals surface area contributed by atoms with Crippen LogP contribution in [0.3, 0.4) is 0 Å². The Balaban J connectivity index is 0. The van der Waals surface area contributed by atoms with Gasteiger partial charge in [0.05, 0.1) is 0 Å². The smallest absolute Gasteiger partial charge is 0.0451 e. The van der Waals surface area contributed by atoms with Crippen LogP contribution in [0.4, 0.5) is 0 Å². The van der Waals surface area contributed by atoms with Crippen LogP contribution < -0.4 is 0 Å². The first-order valence-corrected chi connectivity index (χ1v) is 6.46. The van der Waals surface area contributed by atoms with E-state index in [1.807, 2.05) is 6.92 Å². The predicted molar refractivity (Wildman–Crippen MR) is 76.3 cm³/mol. The molecule has 0 heterocycles. The molecular weight excluding hydrogens is 489 g/mol. The van der Waals surface area contributed by atoms with Crippen LogP contribution in [0, 0.1) is 11.5 Å². The molecule has 0 atom stereocenters. The van der Waals surface area contributed by atoms with Gasteiger partial charge in [-0.3, -0.25) is 0 Å². The Kier molecular flexibility index (Phi) is 6.28. The third kappa shape index (κ3) is 3.76. The van der Waals surface area contributed by atoms with Gasteiger partial charge in [-0.2, -0.15) is 6.92 Å². The monoisotopic (exact) mass is 513 g/mol. The average molecular weight is 513 g/mol. The first-order valence-electron chi connectivity index (χ1n) is 5.23. The van der Waals surface area contributed by atoms with Crippen LogP contribution >= 0.6 is 24.0 Å². The molecule has 0 spiro atoms. The molecule has 0 saturated carbocycles. The second-order valence-corrected chi connectivity index (χ2v) is 7.92. The third-order valence-corrected chi connectivity index (χ3v) is 5.04. The summed E-state index contributed by atoms with van der Waals surface area (Å²) in [7, 11) is 4.20. The molecule has 0 unspecified atom stereocenters. The third-order valence-electron chi connectivity index (χ3n) is 3.48. The maximum absolute atomic E-state index is 5.20. The molecule has 1 nitrogen and oxygen atoms in total. The zero-order valence-corrected chi connectivity index (χ0v) is 20.0. The maximum Gasteiger partial charge on any atom is 0.0451 e. The fraction of sp³-hybridized carbons (Fsp3) is 0.833. The summed E-state index contributed by atoms with van der Waals surface area (Å²) < 4.78 is 1.13. The molecule has 0 saturated heterocycles. The second kappa shape index (κ2) is 5.65. The molecular formula is C12H24NRfS2-. The van der Waals surface area contributed by atoms with Crippen molar-refractivity contribution in [3.63, 3.8) is 0 Å². The van der Waals surface area contributed by atoms with E-state index >= 15 is 0 Å². The summed E-state index contributed by atoms with van der Waals surface area (Å²) in [5, 5.41) is 0. The van der Waals surface area contributed by atoms with E-state index in [-0.39, 0.29) is 10.2 Å². The van der Waals surface area contributed by atoms with Crippen LogP contribution in [0.1, 0.15) is 41.5 Å². The summed E-state index contributed by atoms with van der Waals surface area (Å²) in [5.41, 5.74) is 0.126. The zero-order chi connectivity index (χ0) is 12.4. The molecule has 0 amide bonds. The van der Waals surface area contributed by atoms with Crippen LogP contribution in [0.2, 0.25) is 0 Å². The van der Waals surface area contributed by atoms with E-state index < -0.39 is 0 Å². The largest absolute Gasteiger partial charge is 0.458 e. The molecule has 4 heteroatoms. The normalized spacial score (nSPS) is 12.9. The van der Waals surface area contributed by atoms with E-state index in [0.717, 1.165) is 4.20 Å². The minimum absolute atomic E-state index is 0. The Labute approximate surface area is 105 Å². The number of hydrogen-bond acceptors (Lipinski definition) is 3. The molecule has 16 heavy (non-hydrogen) atoms. The Bertz CT molecular complexity index is 237. The van der Waals surface area contributed by atoms with Crippen LogP contribution in [0.5, 0.6) is 0 Å². The Morgan fingerprint density at radius 1 is 1.19 bits per heavy atom. The van der Waals surface area contributed by atoms with Crippen LogP contribution in [-0.2, 0) is 0 Å². The molecule has 0 aromatic rings. The van der Waals surface area contributed by atoms with Crippen molar-refractivity contribution < 1.29 is 0 Å². The topological polar surface area (TPSA) is 3.24 Å². The van der Waals surface area contributed by atoms with Gasteiger partial charge in [0, 0.05) is 4.20 Å². The van der Waals surface area contributed by atoms with E-state index in [9.17, 15) is 0 Å². The van der Waals surface area contributed by atoms with Crippen molar-refractivity contribution in [2.45, 2.75) is 46.3 Å². The minimum Gasteiger partial charge on any atom is -0.458 e. The van der Waals surface area contributed by atoms with Gasteiger partial charge >= 0.3 is 0 Å². The molecule has 0 aliphatic heterocycles. The molecule has 0 bridgehead atoms. The number of thiocarbonyl (C=S) groups is 1. The Morgan fingerprint density at radius 3 is 1.81 bits per heavy atom. The fourth-order valence-corrected chi connectivity index (χ4v) is 3.23. The van der Waals surface area contributed by atoms with E-state index in [4.69, 9.17) is 12.2 Å². The number of hydrogen-bond donors (Lipinski definition) is 0. The van der Waals surface area contributed by atoms with Crippen LogP contribution in [-0.4, -0.2) is 27.9 Å². The molecule has 92 valence electrons. The molecule has 0 aromatic heterocycles. The van der Waals surface area contributed by atoms with Crippen molar-refractivity contribution in [2.75, 3.05) is 14.1 Å². The summed E-state index contributed by atoms with van der Waals surface area (Å²) in [6.07, 6.45) is 0. The standard InChI is InChI=1S/C12H24NS2.Rf/c1-9(13(7)8)11(3,4)12(5,6)15-10(2)14;/h1-8H3;/q-1;. The zero-order valence-electron chi connectivity index (χ0n) is 12.0. The van der Waals surface area contributed by atoms with E-state index in [1.165, 1.54) is 6.04 Å². The summed E-state index contributed by atoms with van der Waals surface area (Å²) in [4.78, 5) is 2.20. The maximum atomic E-state index is 5.20. The van der Waals surface area contributed by atoms with Gasteiger partial charge in [0.1, 0.15) is 0 Å². The molecule has 0 fully saturated rings. The molecule has 0 N–H and O–H groups in total. The van der Waals surface area contributed by atoms with E-state index in [0.29, 0.717) is 0 Å². The number of rotatable bonds is 4. The van der Waals surface area contributed by atoms with Crippen molar-refractivity contribution >= 4 is 28.2 Å². The Morgan fingerprint density at radius 2 is 1.56 bits per heavy atom. The van der Waals surface area contributed by atoms with Gasteiger partial charge in [-0.05, 0) is 25.8 Å². The Hall–Kier alpha value is -0.600. The minimum atomic E-state index is 0. The van der Waals surface area contributed by atoms with Gasteiger partial charge in [-0.1, -0.05) is 39.9 Å². The predicted octanol–water partition coefficient (Wildman–Crippen LogP) is 3.99. The van der Waals surface area contributed by atoms with Crippen molar-refractivity contribution in [3.8, 4) is 0 Å². The second-order valence-electron chi connectivity index (χ2n) is 5.21. The van der Waals surface area contributed by atoms with Gasteiger partial charge < -0.3 is 4.90 Å². The fourth-order valence-electron chi connectivity index (χ4n) is 1.48. The molecule has 0 aliphatic rings. The van der Waals surface area contributed by atoms with Crippen molar-refractivity contribution in [1.82, 2.24) is 4.90 Å². The molecule has 0 aliphatic carbocycles. The molecule has 0 radical (unpaired) electrons. The van der Waals surface area contributed by atoms with E-state index in [1.54, 1.807) is 11.8 Å². The average Bonchev–Trinajstić information content (AvgIpc) is 1.99. The number of nitrogens with zero attached hydrogens (tertiary/aromatic N) is 1. The summed E-state index contributed by atoms with van der Waals surface area (Å²) in [6.45, 7) is 13.3.